The second-order valence-electron chi connectivity index (χ2n) is 6.02. The summed E-state index contributed by atoms with van der Waals surface area (Å²) in [6.45, 7) is 5.75. The fourth-order valence-electron chi connectivity index (χ4n) is 2.53. The fraction of sp³-hybridized carbons (Fsp3) is 0.333. The topological polar surface area (TPSA) is 73.9 Å². The molecule has 2 aromatic rings. The van der Waals surface area contributed by atoms with Gasteiger partial charge in [-0.3, -0.25) is 4.79 Å². The first kappa shape index (κ1) is 21.6. The molecule has 0 saturated heterocycles. The molecule has 0 fully saturated rings. The molecular weight excluding hydrogens is 378 g/mol. The number of carbonyl (C=O) groups is 2. The number of anilines is 1. The van der Waals surface area contributed by atoms with Crippen molar-refractivity contribution in [3.63, 3.8) is 0 Å². The van der Waals surface area contributed by atoms with Crippen molar-refractivity contribution in [3.8, 4) is 11.5 Å². The molecule has 1 unspecified atom stereocenters. The number of hydrogen-bond acceptors (Lipinski definition) is 6. The standard InChI is InChI=1S/C21H25NO5S/c1-6-27-21(24)15-7-9-17(13(2)11-15)22-20(23)14(3)28-16-8-10-18(25-4)19(12-16)26-5/h7-12,14H,6H2,1-5H3,(H,22,23). The summed E-state index contributed by atoms with van der Waals surface area (Å²) in [4.78, 5) is 25.3. The first-order valence-corrected chi connectivity index (χ1v) is 9.74. The van der Waals surface area contributed by atoms with Crippen molar-refractivity contribution in [1.82, 2.24) is 0 Å². The lowest BCUT2D eigenvalue weighted by molar-refractivity contribution is -0.115. The summed E-state index contributed by atoms with van der Waals surface area (Å²) in [5.74, 6) is 0.749. The molecule has 28 heavy (non-hydrogen) atoms. The molecule has 0 radical (unpaired) electrons. The van der Waals surface area contributed by atoms with E-state index in [-0.39, 0.29) is 17.1 Å². The summed E-state index contributed by atoms with van der Waals surface area (Å²) in [5.41, 5.74) is 1.92. The van der Waals surface area contributed by atoms with Crippen LogP contribution in [-0.2, 0) is 9.53 Å². The molecule has 1 atom stereocenters. The second-order valence-corrected chi connectivity index (χ2v) is 7.43. The van der Waals surface area contributed by atoms with Crippen molar-refractivity contribution in [2.45, 2.75) is 30.9 Å². The van der Waals surface area contributed by atoms with Crippen molar-refractivity contribution in [2.24, 2.45) is 0 Å². The highest BCUT2D eigenvalue weighted by atomic mass is 32.2. The monoisotopic (exact) mass is 403 g/mol. The molecule has 150 valence electrons. The summed E-state index contributed by atoms with van der Waals surface area (Å²) in [7, 11) is 3.15. The summed E-state index contributed by atoms with van der Waals surface area (Å²) >= 11 is 1.42. The lowest BCUT2D eigenvalue weighted by Crippen LogP contribution is -2.23. The van der Waals surface area contributed by atoms with Crippen LogP contribution in [0.5, 0.6) is 11.5 Å². The quantitative estimate of drug-likeness (QED) is 0.523. The Morgan fingerprint density at radius 3 is 2.39 bits per heavy atom. The third-order valence-corrected chi connectivity index (χ3v) is 5.13. The van der Waals surface area contributed by atoms with Crippen LogP contribution in [0.3, 0.4) is 0 Å². The molecule has 0 aliphatic heterocycles. The summed E-state index contributed by atoms with van der Waals surface area (Å²) in [5, 5.41) is 2.58. The van der Waals surface area contributed by atoms with Crippen LogP contribution in [0.15, 0.2) is 41.3 Å². The Morgan fingerprint density at radius 1 is 1.07 bits per heavy atom. The van der Waals surface area contributed by atoms with Gasteiger partial charge in [0, 0.05) is 10.6 Å². The van der Waals surface area contributed by atoms with Crippen LogP contribution in [-0.4, -0.2) is 38.0 Å². The highest BCUT2D eigenvalue weighted by Crippen LogP contribution is 2.33. The zero-order valence-electron chi connectivity index (χ0n) is 16.7. The predicted molar refractivity (Wildman–Crippen MR) is 111 cm³/mol. The van der Waals surface area contributed by atoms with Gasteiger partial charge in [-0.25, -0.2) is 4.79 Å². The molecule has 0 spiro atoms. The molecule has 2 rings (SSSR count). The predicted octanol–water partition coefficient (Wildman–Crippen LogP) is 4.31. The van der Waals surface area contributed by atoms with Gasteiger partial charge in [0.05, 0.1) is 31.6 Å². The minimum absolute atomic E-state index is 0.133. The molecule has 0 heterocycles. The third kappa shape index (κ3) is 5.42. The van der Waals surface area contributed by atoms with E-state index >= 15 is 0 Å². The number of benzene rings is 2. The van der Waals surface area contributed by atoms with E-state index in [0.717, 1.165) is 10.5 Å². The van der Waals surface area contributed by atoms with Crippen LogP contribution >= 0.6 is 11.8 Å². The van der Waals surface area contributed by atoms with Gasteiger partial charge in [-0.1, -0.05) is 0 Å². The average Bonchev–Trinajstić information content (AvgIpc) is 2.69. The number of carbonyl (C=O) groups excluding carboxylic acids is 2. The second kappa shape index (κ2) is 10.0. The van der Waals surface area contributed by atoms with Crippen LogP contribution in [0.25, 0.3) is 0 Å². The number of methoxy groups -OCH3 is 2. The SMILES string of the molecule is CCOC(=O)c1ccc(NC(=O)C(C)Sc2ccc(OC)c(OC)c2)c(C)c1. The molecule has 7 heteroatoms. The van der Waals surface area contributed by atoms with E-state index < -0.39 is 0 Å². The minimum atomic E-state index is -0.374. The van der Waals surface area contributed by atoms with Crippen LogP contribution in [0.4, 0.5) is 5.69 Å². The summed E-state index contributed by atoms with van der Waals surface area (Å²) in [6.07, 6.45) is 0. The maximum Gasteiger partial charge on any atom is 0.338 e. The first-order chi connectivity index (χ1) is 13.4. The van der Waals surface area contributed by atoms with E-state index in [4.69, 9.17) is 14.2 Å². The summed E-state index contributed by atoms with van der Waals surface area (Å²) in [6, 6.07) is 10.6. The van der Waals surface area contributed by atoms with E-state index in [0.29, 0.717) is 29.4 Å². The Balaban J connectivity index is 2.05. The molecular formula is C21H25NO5S. The molecule has 6 nitrogen and oxygen atoms in total. The molecule has 0 saturated carbocycles. The molecule has 1 amide bonds. The fourth-order valence-corrected chi connectivity index (χ4v) is 3.42. The normalized spacial score (nSPS) is 11.5. The largest absolute Gasteiger partial charge is 0.493 e. The van der Waals surface area contributed by atoms with Crippen molar-refractivity contribution in [3.05, 3.63) is 47.5 Å². The number of hydrogen-bond donors (Lipinski definition) is 1. The van der Waals surface area contributed by atoms with Gasteiger partial charge >= 0.3 is 5.97 Å². The van der Waals surface area contributed by atoms with Crippen LogP contribution in [0.2, 0.25) is 0 Å². The molecule has 0 bridgehead atoms. The third-order valence-electron chi connectivity index (χ3n) is 4.03. The van der Waals surface area contributed by atoms with Gasteiger partial charge in [0.25, 0.3) is 0 Å². The van der Waals surface area contributed by atoms with Crippen molar-refractivity contribution in [2.75, 3.05) is 26.1 Å². The Bertz CT molecular complexity index is 853. The van der Waals surface area contributed by atoms with E-state index in [9.17, 15) is 9.59 Å². The number of amides is 1. The Morgan fingerprint density at radius 2 is 1.79 bits per heavy atom. The van der Waals surface area contributed by atoms with Crippen molar-refractivity contribution in [1.29, 1.82) is 0 Å². The number of nitrogens with one attached hydrogen (secondary N) is 1. The minimum Gasteiger partial charge on any atom is -0.493 e. The Kier molecular flexibility index (Phi) is 7.75. The molecule has 1 N–H and O–H groups in total. The number of thioether (sulfide) groups is 1. The smallest absolute Gasteiger partial charge is 0.338 e. The molecule has 0 aromatic heterocycles. The maximum atomic E-state index is 12.6. The van der Waals surface area contributed by atoms with Gasteiger partial charge in [0.1, 0.15) is 0 Å². The first-order valence-electron chi connectivity index (χ1n) is 8.86. The van der Waals surface area contributed by atoms with E-state index in [1.54, 1.807) is 39.3 Å². The van der Waals surface area contributed by atoms with Crippen molar-refractivity contribution >= 4 is 29.3 Å². The average molecular weight is 404 g/mol. The highest BCUT2D eigenvalue weighted by molar-refractivity contribution is 8.00. The van der Waals surface area contributed by atoms with Gasteiger partial charge in [0.2, 0.25) is 5.91 Å². The number of aryl methyl sites for hydroxylation is 1. The number of ether oxygens (including phenoxy) is 3. The van der Waals surface area contributed by atoms with E-state index in [2.05, 4.69) is 5.32 Å². The molecule has 0 aliphatic rings. The van der Waals surface area contributed by atoms with Gasteiger partial charge in [0.15, 0.2) is 11.5 Å². The van der Waals surface area contributed by atoms with Crippen molar-refractivity contribution < 1.29 is 23.8 Å². The Labute approximate surface area is 169 Å². The Hall–Kier alpha value is -2.67. The lowest BCUT2D eigenvalue weighted by atomic mass is 10.1. The highest BCUT2D eigenvalue weighted by Gasteiger charge is 2.17. The number of esters is 1. The van der Waals surface area contributed by atoms with Crippen LogP contribution in [0.1, 0.15) is 29.8 Å². The number of rotatable bonds is 8. The van der Waals surface area contributed by atoms with Gasteiger partial charge < -0.3 is 19.5 Å². The zero-order chi connectivity index (χ0) is 20.7. The van der Waals surface area contributed by atoms with Crippen LogP contribution in [0, 0.1) is 6.92 Å². The summed E-state index contributed by atoms with van der Waals surface area (Å²) < 4.78 is 15.5. The van der Waals surface area contributed by atoms with Gasteiger partial charge in [-0.05, 0) is 62.7 Å². The lowest BCUT2D eigenvalue weighted by Gasteiger charge is -2.15. The van der Waals surface area contributed by atoms with E-state index in [1.165, 1.54) is 11.8 Å². The molecule has 2 aromatic carbocycles. The van der Waals surface area contributed by atoms with E-state index in [1.807, 2.05) is 32.0 Å². The van der Waals surface area contributed by atoms with Crippen LogP contribution < -0.4 is 14.8 Å². The molecule has 0 aliphatic carbocycles. The zero-order valence-corrected chi connectivity index (χ0v) is 17.5. The van der Waals surface area contributed by atoms with Gasteiger partial charge in [-0.2, -0.15) is 0 Å². The van der Waals surface area contributed by atoms with Gasteiger partial charge in [-0.15, -0.1) is 11.8 Å². The maximum absolute atomic E-state index is 12.6.